The lowest BCUT2D eigenvalue weighted by Gasteiger charge is -2.11. The smallest absolute Gasteiger partial charge is 0.234 e. The van der Waals surface area contributed by atoms with Crippen molar-refractivity contribution in [1.29, 1.82) is 0 Å². The molecule has 1 amide bonds. The highest BCUT2D eigenvalue weighted by Gasteiger charge is 2.23. The summed E-state index contributed by atoms with van der Waals surface area (Å²) in [6, 6.07) is 5.37. The van der Waals surface area contributed by atoms with Crippen LogP contribution in [-0.2, 0) is 24.1 Å². The second-order valence-electron chi connectivity index (χ2n) is 7.82. The monoisotopic (exact) mass is 467 g/mol. The average molecular weight is 468 g/mol. The van der Waals surface area contributed by atoms with Gasteiger partial charge in [0.15, 0.2) is 22.3 Å². The second kappa shape index (κ2) is 7.93. The van der Waals surface area contributed by atoms with Gasteiger partial charge in [-0.05, 0) is 43.4 Å². The Morgan fingerprint density at radius 2 is 2.09 bits per heavy atom. The van der Waals surface area contributed by atoms with Gasteiger partial charge in [0.25, 0.3) is 0 Å². The van der Waals surface area contributed by atoms with Gasteiger partial charge >= 0.3 is 0 Å². The van der Waals surface area contributed by atoms with Crippen LogP contribution in [0.1, 0.15) is 36.0 Å². The lowest BCUT2D eigenvalue weighted by molar-refractivity contribution is -0.113. The van der Waals surface area contributed by atoms with Crippen LogP contribution in [0.3, 0.4) is 0 Å². The number of aromatic nitrogens is 4. The van der Waals surface area contributed by atoms with Crippen LogP contribution in [-0.4, -0.2) is 38.0 Å². The number of fused-ring (bicyclic) bond motifs is 6. The number of nitrogens with zero attached hydrogens (tertiary/aromatic N) is 4. The molecule has 4 heterocycles. The summed E-state index contributed by atoms with van der Waals surface area (Å²) < 4.78 is 12.7. The Morgan fingerprint density at radius 1 is 1.22 bits per heavy atom. The molecule has 1 aliphatic carbocycles. The molecule has 2 aliphatic rings. The Bertz CT molecular complexity index is 1360. The molecule has 1 N–H and O–H groups in total. The summed E-state index contributed by atoms with van der Waals surface area (Å²) in [6.45, 7) is 2.29. The van der Waals surface area contributed by atoms with Gasteiger partial charge < -0.3 is 14.8 Å². The number of hydrogen-bond donors (Lipinski definition) is 1. The van der Waals surface area contributed by atoms with Gasteiger partial charge in [-0.2, -0.15) is 0 Å². The molecular formula is C22H21N5O3S2. The zero-order valence-electron chi connectivity index (χ0n) is 17.5. The third kappa shape index (κ3) is 3.29. The minimum Gasteiger partial charge on any atom is -0.454 e. The van der Waals surface area contributed by atoms with Gasteiger partial charge in [-0.15, -0.1) is 21.5 Å². The summed E-state index contributed by atoms with van der Waals surface area (Å²) in [4.78, 5) is 20.0. The first-order valence-electron chi connectivity index (χ1n) is 10.7. The van der Waals surface area contributed by atoms with Crippen molar-refractivity contribution in [3.8, 4) is 11.5 Å². The summed E-state index contributed by atoms with van der Waals surface area (Å²) >= 11 is 3.17. The van der Waals surface area contributed by atoms with Crippen molar-refractivity contribution in [3.05, 3.63) is 34.5 Å². The molecule has 1 aliphatic heterocycles. The molecule has 0 radical (unpaired) electrons. The van der Waals surface area contributed by atoms with Gasteiger partial charge in [0.2, 0.25) is 12.7 Å². The number of carbonyl (C=O) groups excluding carboxylic acids is 1. The normalized spacial score (nSPS) is 14.8. The SMILES string of the molecule is CCc1nc2sc3c(c2c2nnc(SCC(=O)Nc4ccc5c(c4)OCO5)n12)CCCC3. The first kappa shape index (κ1) is 19.8. The van der Waals surface area contributed by atoms with E-state index in [0.717, 1.165) is 41.0 Å². The molecule has 0 fully saturated rings. The summed E-state index contributed by atoms with van der Waals surface area (Å²) in [5.74, 6) is 2.35. The van der Waals surface area contributed by atoms with Crippen molar-refractivity contribution in [2.24, 2.45) is 0 Å². The van der Waals surface area contributed by atoms with Crippen LogP contribution in [0.2, 0.25) is 0 Å². The molecule has 6 rings (SSSR count). The van der Waals surface area contributed by atoms with E-state index in [9.17, 15) is 4.79 Å². The van der Waals surface area contributed by atoms with Crippen LogP contribution >= 0.6 is 23.1 Å². The lowest BCUT2D eigenvalue weighted by atomic mass is 9.97. The summed E-state index contributed by atoms with van der Waals surface area (Å²) in [7, 11) is 0. The molecule has 3 aromatic heterocycles. The number of rotatable bonds is 5. The molecule has 32 heavy (non-hydrogen) atoms. The fraction of sp³-hybridized carbons (Fsp3) is 0.364. The molecule has 164 valence electrons. The zero-order valence-corrected chi connectivity index (χ0v) is 19.1. The zero-order chi connectivity index (χ0) is 21.7. The molecule has 1 aromatic carbocycles. The Kier molecular flexibility index (Phi) is 4.91. The number of nitrogens with one attached hydrogen (secondary N) is 1. The molecule has 0 unspecified atom stereocenters. The van der Waals surface area contributed by atoms with E-state index >= 15 is 0 Å². The van der Waals surface area contributed by atoms with Gasteiger partial charge in [0.05, 0.1) is 11.1 Å². The van der Waals surface area contributed by atoms with E-state index in [0.29, 0.717) is 22.3 Å². The first-order chi connectivity index (χ1) is 15.7. The largest absolute Gasteiger partial charge is 0.454 e. The van der Waals surface area contributed by atoms with Crippen molar-refractivity contribution in [2.45, 2.75) is 44.2 Å². The second-order valence-corrected chi connectivity index (χ2v) is 9.85. The topological polar surface area (TPSA) is 90.6 Å². The van der Waals surface area contributed by atoms with Crippen LogP contribution < -0.4 is 14.8 Å². The van der Waals surface area contributed by atoms with Crippen LogP contribution in [0.25, 0.3) is 15.9 Å². The molecule has 8 nitrogen and oxygen atoms in total. The van der Waals surface area contributed by atoms with E-state index < -0.39 is 0 Å². The molecule has 4 aromatic rings. The highest BCUT2D eigenvalue weighted by Crippen LogP contribution is 2.38. The number of amides is 1. The van der Waals surface area contributed by atoms with E-state index in [1.54, 1.807) is 29.5 Å². The lowest BCUT2D eigenvalue weighted by Crippen LogP contribution is -2.14. The maximum Gasteiger partial charge on any atom is 0.234 e. The molecule has 0 atom stereocenters. The van der Waals surface area contributed by atoms with Crippen molar-refractivity contribution in [2.75, 3.05) is 17.9 Å². The number of hydrogen-bond acceptors (Lipinski definition) is 8. The third-order valence-corrected chi connectivity index (χ3v) is 7.92. The molecule has 0 saturated carbocycles. The molecule has 0 saturated heterocycles. The fourth-order valence-corrected chi connectivity index (χ4v) is 6.35. The van der Waals surface area contributed by atoms with Crippen molar-refractivity contribution in [3.63, 3.8) is 0 Å². The highest BCUT2D eigenvalue weighted by molar-refractivity contribution is 7.99. The van der Waals surface area contributed by atoms with E-state index in [4.69, 9.17) is 14.5 Å². The molecule has 0 bridgehead atoms. The maximum atomic E-state index is 12.6. The molecule has 10 heteroatoms. The number of thiophene rings is 1. The Balaban J connectivity index is 1.27. The summed E-state index contributed by atoms with van der Waals surface area (Å²) in [6.07, 6.45) is 5.41. The number of carbonyl (C=O) groups is 1. The number of ether oxygens (including phenoxy) is 2. The quantitative estimate of drug-likeness (QED) is 0.439. The van der Waals surface area contributed by atoms with Gasteiger partial charge in [0.1, 0.15) is 10.7 Å². The highest BCUT2D eigenvalue weighted by atomic mass is 32.2. The van der Waals surface area contributed by atoms with E-state index in [1.165, 1.54) is 35.0 Å². The fourth-order valence-electron chi connectivity index (χ4n) is 4.32. The van der Waals surface area contributed by atoms with Crippen molar-refractivity contribution in [1.82, 2.24) is 19.6 Å². The van der Waals surface area contributed by atoms with Crippen LogP contribution in [0, 0.1) is 0 Å². The number of anilines is 1. The van der Waals surface area contributed by atoms with E-state index in [1.807, 2.05) is 4.40 Å². The first-order valence-corrected chi connectivity index (χ1v) is 12.5. The summed E-state index contributed by atoms with van der Waals surface area (Å²) in [5.41, 5.74) is 2.93. The van der Waals surface area contributed by atoms with Gasteiger partial charge in [0, 0.05) is 23.1 Å². The maximum absolute atomic E-state index is 12.6. The van der Waals surface area contributed by atoms with Crippen molar-refractivity contribution < 1.29 is 14.3 Å². The number of thioether (sulfide) groups is 1. The Hall–Kier alpha value is -2.85. The third-order valence-electron chi connectivity index (χ3n) is 5.80. The molecule has 0 spiro atoms. The predicted molar refractivity (Wildman–Crippen MR) is 124 cm³/mol. The van der Waals surface area contributed by atoms with Crippen LogP contribution in [0.5, 0.6) is 11.5 Å². The van der Waals surface area contributed by atoms with Crippen LogP contribution in [0.15, 0.2) is 23.4 Å². The van der Waals surface area contributed by atoms with E-state index in [2.05, 4.69) is 22.4 Å². The van der Waals surface area contributed by atoms with Gasteiger partial charge in [-0.25, -0.2) is 4.98 Å². The standard InChI is InChI=1S/C22H21N5O3S2/c1-2-17-24-21-19(13-5-3-4-6-16(13)32-21)20-25-26-22(27(17)20)31-10-18(28)23-12-7-8-14-15(9-12)30-11-29-14/h7-9H,2-6,10-11H2,1H3,(H,23,28). The van der Waals surface area contributed by atoms with Gasteiger partial charge in [-0.3, -0.25) is 9.20 Å². The van der Waals surface area contributed by atoms with Gasteiger partial charge in [-0.1, -0.05) is 18.7 Å². The van der Waals surface area contributed by atoms with E-state index in [-0.39, 0.29) is 18.5 Å². The Morgan fingerprint density at radius 3 is 3.00 bits per heavy atom. The average Bonchev–Trinajstić information content (AvgIpc) is 3.52. The number of benzene rings is 1. The number of aryl methyl sites for hydroxylation is 3. The minimum atomic E-state index is -0.120. The summed E-state index contributed by atoms with van der Waals surface area (Å²) in [5, 5.41) is 13.7. The predicted octanol–water partition coefficient (Wildman–Crippen LogP) is 4.24. The molecular weight excluding hydrogens is 446 g/mol. The minimum absolute atomic E-state index is 0.120. The Labute approximate surface area is 192 Å². The van der Waals surface area contributed by atoms with Crippen LogP contribution in [0.4, 0.5) is 5.69 Å². The van der Waals surface area contributed by atoms with Crippen molar-refractivity contribution >= 4 is 50.6 Å².